The molecule has 0 spiro atoms. The summed E-state index contributed by atoms with van der Waals surface area (Å²) in [4.78, 5) is 36.4. The molecule has 0 fully saturated rings. The summed E-state index contributed by atoms with van der Waals surface area (Å²) < 4.78 is 0. The number of halogens is 1. The number of Topliss-reactive ketones (excluding diaryl/α,β-unsaturated/α-hetero) is 1. The van der Waals surface area contributed by atoms with Gasteiger partial charge in [-0.15, -0.1) is 0 Å². The fourth-order valence-corrected chi connectivity index (χ4v) is 3.43. The second kappa shape index (κ2) is 10.7. The molecule has 0 radical (unpaired) electrons. The van der Waals surface area contributed by atoms with Crippen LogP contribution in [0.3, 0.4) is 0 Å². The minimum atomic E-state index is -0.560. The third-order valence-corrected chi connectivity index (χ3v) is 5.19. The predicted molar refractivity (Wildman–Crippen MR) is 121 cm³/mol. The van der Waals surface area contributed by atoms with Gasteiger partial charge in [0.25, 0.3) is 5.91 Å². The Morgan fingerprint density at radius 2 is 1.87 bits per heavy atom. The number of amides is 1. The Labute approximate surface area is 185 Å². The summed E-state index contributed by atoms with van der Waals surface area (Å²) in [5.74, 6) is -0.0631. The minimum Gasteiger partial charge on any atom is -0.382 e. The van der Waals surface area contributed by atoms with Gasteiger partial charge in [0.2, 0.25) is 0 Å². The number of benzene rings is 1. The van der Waals surface area contributed by atoms with E-state index in [0.717, 1.165) is 31.2 Å². The Bertz CT molecular complexity index is 966. The van der Waals surface area contributed by atoms with Gasteiger partial charge in [-0.1, -0.05) is 54.8 Å². The van der Waals surface area contributed by atoms with Crippen LogP contribution in [-0.2, 0) is 11.2 Å². The number of unbranched alkanes of at least 4 members (excludes halogenated alkanes) is 2. The number of nitrogen functional groups attached to an aromatic ring is 2. The standard InChI is InChI=1S/C21H26ClN7O2/c22-17-19(24)28-18(23)16(27-17)20(31)29-21-25-12-14(26-21)9-5-2-6-10-15(30)11-13-7-3-1-4-8-13/h1,3-4,7-8,14H,2,5-6,9-12H2,(H4,23,24,28)(H2,25,26,29,31)/t14-/m0/s1. The molecule has 1 atom stereocenters. The summed E-state index contributed by atoms with van der Waals surface area (Å²) in [6.07, 6.45) is 4.80. The maximum absolute atomic E-state index is 12.3. The van der Waals surface area contributed by atoms with Crippen LogP contribution in [0.4, 0.5) is 11.6 Å². The van der Waals surface area contributed by atoms with E-state index in [1.807, 2.05) is 30.3 Å². The molecule has 1 aliphatic heterocycles. The van der Waals surface area contributed by atoms with Crippen molar-refractivity contribution in [1.29, 1.82) is 0 Å². The molecular formula is C21H26ClN7O2. The highest BCUT2D eigenvalue weighted by atomic mass is 35.5. The summed E-state index contributed by atoms with van der Waals surface area (Å²) in [6, 6.07) is 9.93. The summed E-state index contributed by atoms with van der Waals surface area (Å²) in [7, 11) is 0. The molecule has 2 heterocycles. The van der Waals surface area contributed by atoms with Crippen molar-refractivity contribution in [3.8, 4) is 0 Å². The van der Waals surface area contributed by atoms with Crippen molar-refractivity contribution in [3.63, 3.8) is 0 Å². The van der Waals surface area contributed by atoms with Crippen molar-refractivity contribution < 1.29 is 9.59 Å². The molecular weight excluding hydrogens is 418 g/mol. The molecule has 0 bridgehead atoms. The zero-order valence-electron chi connectivity index (χ0n) is 17.1. The molecule has 0 aliphatic carbocycles. The first-order chi connectivity index (χ1) is 14.9. The van der Waals surface area contributed by atoms with E-state index in [-0.39, 0.29) is 34.3 Å². The molecule has 10 heteroatoms. The molecule has 9 nitrogen and oxygen atoms in total. The lowest BCUT2D eigenvalue weighted by molar-refractivity contribution is -0.118. The van der Waals surface area contributed by atoms with Gasteiger partial charge in [-0.2, -0.15) is 0 Å². The lowest BCUT2D eigenvalue weighted by Crippen LogP contribution is -2.42. The van der Waals surface area contributed by atoms with Crippen LogP contribution in [0.5, 0.6) is 0 Å². The second-order valence-electron chi connectivity index (χ2n) is 7.42. The normalized spacial score (nSPS) is 15.3. The Balaban J connectivity index is 1.32. The molecule has 31 heavy (non-hydrogen) atoms. The van der Waals surface area contributed by atoms with Crippen LogP contribution < -0.4 is 22.1 Å². The number of anilines is 2. The van der Waals surface area contributed by atoms with Crippen molar-refractivity contribution in [3.05, 3.63) is 46.7 Å². The molecule has 6 N–H and O–H groups in total. The van der Waals surface area contributed by atoms with Gasteiger partial charge in [0.15, 0.2) is 28.4 Å². The summed E-state index contributed by atoms with van der Waals surface area (Å²) in [5, 5.41) is 5.72. The van der Waals surface area contributed by atoms with E-state index in [9.17, 15) is 9.59 Å². The molecule has 3 rings (SSSR count). The van der Waals surface area contributed by atoms with Gasteiger partial charge in [-0.05, 0) is 18.4 Å². The number of hydrogen-bond acceptors (Lipinski definition) is 8. The van der Waals surface area contributed by atoms with Crippen LogP contribution in [0.1, 0.15) is 48.2 Å². The average molecular weight is 444 g/mol. The van der Waals surface area contributed by atoms with Crippen molar-refractivity contribution in [2.24, 2.45) is 4.99 Å². The number of aliphatic imine (C=N–C) groups is 1. The maximum atomic E-state index is 12.3. The summed E-state index contributed by atoms with van der Waals surface area (Å²) in [5.41, 5.74) is 12.2. The van der Waals surface area contributed by atoms with Gasteiger partial charge in [-0.3, -0.25) is 19.9 Å². The summed E-state index contributed by atoms with van der Waals surface area (Å²) >= 11 is 5.81. The van der Waals surface area contributed by atoms with Gasteiger partial charge in [0.05, 0.1) is 6.54 Å². The SMILES string of the molecule is Nc1nc(N)c(C(=O)NC2=NC[C@H](CCCCCC(=O)Cc3ccccc3)N2)nc1Cl. The fourth-order valence-electron chi connectivity index (χ4n) is 3.30. The highest BCUT2D eigenvalue weighted by Crippen LogP contribution is 2.17. The zero-order valence-corrected chi connectivity index (χ0v) is 17.9. The predicted octanol–water partition coefficient (Wildman–Crippen LogP) is 2.11. The van der Waals surface area contributed by atoms with E-state index in [2.05, 4.69) is 25.6 Å². The lowest BCUT2D eigenvalue weighted by atomic mass is 10.0. The smallest absolute Gasteiger partial charge is 0.280 e. The number of rotatable bonds is 9. The van der Waals surface area contributed by atoms with Crippen LogP contribution in [-0.4, -0.2) is 40.2 Å². The topological polar surface area (TPSA) is 148 Å². The second-order valence-corrected chi connectivity index (χ2v) is 7.78. The number of carbonyl (C=O) groups excluding carboxylic acids is 2. The van der Waals surface area contributed by atoms with Gasteiger partial charge >= 0.3 is 0 Å². The average Bonchev–Trinajstić information content (AvgIpc) is 3.18. The molecule has 0 unspecified atom stereocenters. The van der Waals surface area contributed by atoms with Gasteiger partial charge in [-0.25, -0.2) is 9.97 Å². The first-order valence-electron chi connectivity index (χ1n) is 10.2. The van der Waals surface area contributed by atoms with Crippen LogP contribution >= 0.6 is 11.6 Å². The quantitative estimate of drug-likeness (QED) is 0.433. The number of nitrogens with two attached hydrogens (primary N) is 2. The monoisotopic (exact) mass is 443 g/mol. The highest BCUT2D eigenvalue weighted by Gasteiger charge is 2.22. The van der Waals surface area contributed by atoms with Crippen molar-refractivity contribution in [1.82, 2.24) is 20.6 Å². The molecule has 1 amide bonds. The number of nitrogens with one attached hydrogen (secondary N) is 2. The zero-order chi connectivity index (χ0) is 22.2. The lowest BCUT2D eigenvalue weighted by Gasteiger charge is -2.12. The van der Waals surface area contributed by atoms with E-state index >= 15 is 0 Å². The molecule has 1 aromatic carbocycles. The first kappa shape index (κ1) is 22.5. The molecule has 0 saturated heterocycles. The van der Waals surface area contributed by atoms with E-state index in [0.29, 0.717) is 25.3 Å². The van der Waals surface area contributed by atoms with Crippen LogP contribution in [0.2, 0.25) is 5.15 Å². The van der Waals surface area contributed by atoms with Crippen molar-refractivity contribution in [2.45, 2.75) is 44.6 Å². The number of aromatic nitrogens is 2. The van der Waals surface area contributed by atoms with E-state index in [4.69, 9.17) is 23.1 Å². The fraction of sp³-hybridized carbons (Fsp3) is 0.381. The third kappa shape index (κ3) is 6.65. The third-order valence-electron chi connectivity index (χ3n) is 4.91. The highest BCUT2D eigenvalue weighted by molar-refractivity contribution is 6.31. The van der Waals surface area contributed by atoms with Crippen LogP contribution in [0.25, 0.3) is 0 Å². The Morgan fingerprint density at radius 1 is 1.10 bits per heavy atom. The van der Waals surface area contributed by atoms with Gasteiger partial charge in [0, 0.05) is 18.9 Å². The number of carbonyl (C=O) groups is 2. The molecule has 1 aliphatic rings. The molecule has 0 saturated carbocycles. The first-order valence-corrected chi connectivity index (χ1v) is 10.6. The maximum Gasteiger partial charge on any atom is 0.280 e. The van der Waals surface area contributed by atoms with E-state index in [1.54, 1.807) is 0 Å². The Hall–Kier alpha value is -3.20. The van der Waals surface area contributed by atoms with E-state index in [1.165, 1.54) is 0 Å². The Kier molecular flexibility index (Phi) is 7.77. The largest absolute Gasteiger partial charge is 0.382 e. The van der Waals surface area contributed by atoms with Crippen molar-refractivity contribution >= 4 is 40.9 Å². The van der Waals surface area contributed by atoms with Crippen LogP contribution in [0, 0.1) is 0 Å². The van der Waals surface area contributed by atoms with Gasteiger partial charge in [0.1, 0.15) is 5.78 Å². The van der Waals surface area contributed by atoms with Crippen LogP contribution in [0.15, 0.2) is 35.3 Å². The number of ketones is 1. The molecule has 1 aromatic heterocycles. The number of nitrogens with zero attached hydrogens (tertiary/aromatic N) is 3. The summed E-state index contributed by atoms with van der Waals surface area (Å²) in [6.45, 7) is 0.562. The number of hydrogen-bond donors (Lipinski definition) is 4. The molecule has 2 aromatic rings. The van der Waals surface area contributed by atoms with E-state index < -0.39 is 5.91 Å². The Morgan fingerprint density at radius 3 is 2.65 bits per heavy atom. The number of guanidine groups is 1. The van der Waals surface area contributed by atoms with Gasteiger partial charge < -0.3 is 16.8 Å². The van der Waals surface area contributed by atoms with Crippen molar-refractivity contribution in [2.75, 3.05) is 18.0 Å². The minimum absolute atomic E-state index is 0.0334. The molecule has 164 valence electrons.